The van der Waals surface area contributed by atoms with Gasteiger partial charge in [0.15, 0.2) is 0 Å². The van der Waals surface area contributed by atoms with Gasteiger partial charge in [-0.15, -0.1) is 0 Å². The van der Waals surface area contributed by atoms with Crippen molar-refractivity contribution in [3.8, 4) is 5.75 Å². The third-order valence-corrected chi connectivity index (χ3v) is 6.91. The van der Waals surface area contributed by atoms with E-state index in [1.165, 1.54) is 11.8 Å². The first kappa shape index (κ1) is 26.8. The second-order valence-corrected chi connectivity index (χ2v) is 9.47. The van der Waals surface area contributed by atoms with Crippen molar-refractivity contribution in [2.24, 2.45) is 7.05 Å². The van der Waals surface area contributed by atoms with E-state index in [2.05, 4.69) is 23.7 Å². The van der Waals surface area contributed by atoms with E-state index in [-0.39, 0.29) is 11.7 Å². The Hall–Kier alpha value is -2.81. The second kappa shape index (κ2) is 12.8. The zero-order valence-corrected chi connectivity index (χ0v) is 21.9. The molecule has 3 aromatic rings. The molecule has 2 heterocycles. The highest BCUT2D eigenvalue weighted by Crippen LogP contribution is 2.42. The first-order chi connectivity index (χ1) is 16.9. The number of fused-ring (bicyclic) bond motifs is 3. The van der Waals surface area contributed by atoms with Crippen LogP contribution in [0.25, 0.3) is 10.9 Å². The van der Waals surface area contributed by atoms with Crippen molar-refractivity contribution in [1.82, 2.24) is 9.88 Å². The number of ether oxygens (including phenoxy) is 2. The molecule has 1 aliphatic heterocycles. The molecule has 7 nitrogen and oxygen atoms in total. The first-order valence-electron chi connectivity index (χ1n) is 11.8. The molecule has 1 aliphatic rings. The van der Waals surface area contributed by atoms with Gasteiger partial charge in [-0.3, -0.25) is 9.69 Å². The summed E-state index contributed by atoms with van der Waals surface area (Å²) in [5, 5.41) is 5.02. The molecule has 1 N–H and O–H groups in total. The number of anilines is 1. The fraction of sp³-hybridized carbons (Fsp3) is 0.407. The number of rotatable bonds is 8. The van der Waals surface area contributed by atoms with Crippen LogP contribution in [0.4, 0.5) is 5.69 Å². The minimum absolute atomic E-state index is 0.0966. The van der Waals surface area contributed by atoms with Gasteiger partial charge in [-0.05, 0) is 52.1 Å². The van der Waals surface area contributed by atoms with Gasteiger partial charge in [-0.25, -0.2) is 0 Å². The molecule has 1 atom stereocenters. The molecule has 0 saturated carbocycles. The maximum absolute atomic E-state index is 12.9. The topological polar surface area (TPSA) is 72.8 Å². The Morgan fingerprint density at radius 2 is 1.97 bits per heavy atom. The normalized spacial score (nSPS) is 15.4. The van der Waals surface area contributed by atoms with Crippen molar-refractivity contribution in [2.45, 2.75) is 37.4 Å². The lowest BCUT2D eigenvalue weighted by Gasteiger charge is -2.27. The van der Waals surface area contributed by atoms with Crippen LogP contribution in [0.15, 0.2) is 53.6 Å². The smallest absolute Gasteiger partial charge is 0.238 e. The number of nitrogens with zero attached hydrogens (tertiary/aromatic N) is 2. The molecule has 0 saturated heterocycles. The summed E-state index contributed by atoms with van der Waals surface area (Å²) < 4.78 is 12.7. The molecule has 0 fully saturated rings. The molecule has 0 radical (unpaired) electrons. The van der Waals surface area contributed by atoms with Crippen LogP contribution in [-0.4, -0.2) is 55.9 Å². The highest BCUT2D eigenvalue weighted by atomic mass is 32.2. The number of benzene rings is 2. The summed E-state index contributed by atoms with van der Waals surface area (Å²) >= 11 is 1.48. The number of hydrogen-bond acceptors (Lipinski definition) is 6. The summed E-state index contributed by atoms with van der Waals surface area (Å²) in [5.74, 6) is 0.828. The van der Waals surface area contributed by atoms with Crippen LogP contribution in [0.1, 0.15) is 31.9 Å². The third-order valence-electron chi connectivity index (χ3n) is 5.75. The number of methoxy groups -OCH3 is 1. The minimum Gasteiger partial charge on any atom is -0.497 e. The Morgan fingerprint density at radius 3 is 2.66 bits per heavy atom. The van der Waals surface area contributed by atoms with E-state index < -0.39 is 6.04 Å². The zero-order valence-electron chi connectivity index (χ0n) is 21.1. The van der Waals surface area contributed by atoms with Crippen molar-refractivity contribution >= 4 is 40.5 Å². The quantitative estimate of drug-likeness (QED) is 0.363. The van der Waals surface area contributed by atoms with Gasteiger partial charge in [-0.2, -0.15) is 0 Å². The summed E-state index contributed by atoms with van der Waals surface area (Å²) in [7, 11) is 5.51. The average Bonchev–Trinajstić information content (AvgIpc) is 3.05. The number of para-hydroxylation sites is 1. The van der Waals surface area contributed by atoms with E-state index in [0.717, 1.165) is 47.4 Å². The van der Waals surface area contributed by atoms with Crippen molar-refractivity contribution < 1.29 is 19.1 Å². The molecule has 1 amide bonds. The number of aryl methyl sites for hydroxylation is 1. The van der Waals surface area contributed by atoms with E-state index in [1.807, 2.05) is 56.6 Å². The van der Waals surface area contributed by atoms with Crippen molar-refractivity contribution in [3.05, 3.63) is 54.1 Å². The maximum Gasteiger partial charge on any atom is 0.238 e. The summed E-state index contributed by atoms with van der Waals surface area (Å²) in [6.45, 7) is 6.03. The lowest BCUT2D eigenvalue weighted by Crippen LogP contribution is -2.35. The van der Waals surface area contributed by atoms with Crippen molar-refractivity contribution in [1.29, 1.82) is 0 Å². The van der Waals surface area contributed by atoms with Gasteiger partial charge in [0.25, 0.3) is 0 Å². The van der Waals surface area contributed by atoms with Crippen LogP contribution >= 0.6 is 11.8 Å². The SMILES string of the molecule is CNCCCOC(C)C.COc1cccc(N2C(=O)CSc3c(c4ccccc4n3C)C2C=O)c1. The maximum atomic E-state index is 12.9. The molecule has 0 spiro atoms. The lowest BCUT2D eigenvalue weighted by atomic mass is 10.0. The number of amides is 1. The van der Waals surface area contributed by atoms with Crippen LogP contribution in [0.5, 0.6) is 5.75 Å². The predicted octanol–water partition coefficient (Wildman–Crippen LogP) is 4.59. The van der Waals surface area contributed by atoms with Gasteiger partial charge in [0.05, 0.1) is 24.0 Å². The Balaban J connectivity index is 0.000000327. The Bertz CT molecular complexity index is 1140. The third kappa shape index (κ3) is 6.25. The minimum atomic E-state index is -0.675. The molecule has 0 bridgehead atoms. The molecule has 0 aliphatic carbocycles. The summed E-state index contributed by atoms with van der Waals surface area (Å²) in [6.07, 6.45) is 2.34. The standard InChI is InChI=1S/C20H18N2O3S.C7H17NO/c1-21-16-9-4-3-8-15(16)19-17(11-23)22(18(24)12-26-20(19)21)13-6-5-7-14(10-13)25-2;1-7(2)9-6-4-5-8-3/h3-11,17H,12H2,1-2H3;7-8H,4-6H2,1-3H3. The van der Waals surface area contributed by atoms with E-state index in [9.17, 15) is 9.59 Å². The Morgan fingerprint density at radius 1 is 1.20 bits per heavy atom. The van der Waals surface area contributed by atoms with Crippen molar-refractivity contribution in [2.75, 3.05) is 38.0 Å². The molecule has 188 valence electrons. The molecule has 2 aromatic carbocycles. The number of thioether (sulfide) groups is 1. The van der Waals surface area contributed by atoms with E-state index >= 15 is 0 Å². The monoisotopic (exact) mass is 497 g/mol. The van der Waals surface area contributed by atoms with E-state index in [0.29, 0.717) is 17.5 Å². The Kier molecular flexibility index (Phi) is 9.77. The van der Waals surface area contributed by atoms with Crippen LogP contribution < -0.4 is 15.0 Å². The number of aldehydes is 1. The van der Waals surface area contributed by atoms with E-state index in [1.54, 1.807) is 18.1 Å². The molecular weight excluding hydrogens is 462 g/mol. The molecule has 1 unspecified atom stereocenters. The van der Waals surface area contributed by atoms with Crippen LogP contribution in [0.3, 0.4) is 0 Å². The van der Waals surface area contributed by atoms with Crippen LogP contribution in [0, 0.1) is 0 Å². The lowest BCUT2D eigenvalue weighted by molar-refractivity contribution is -0.119. The van der Waals surface area contributed by atoms with Gasteiger partial charge in [0.2, 0.25) is 5.91 Å². The summed E-state index contributed by atoms with van der Waals surface area (Å²) in [4.78, 5) is 26.6. The Labute approximate surface area is 211 Å². The van der Waals surface area contributed by atoms with E-state index in [4.69, 9.17) is 9.47 Å². The van der Waals surface area contributed by atoms with Crippen LogP contribution in [-0.2, 0) is 21.4 Å². The fourth-order valence-electron chi connectivity index (χ4n) is 4.11. The molecule has 35 heavy (non-hydrogen) atoms. The predicted molar refractivity (Wildman–Crippen MR) is 143 cm³/mol. The second-order valence-electron chi connectivity index (χ2n) is 8.51. The molecular formula is C27H35N3O4S. The van der Waals surface area contributed by atoms with Gasteiger partial charge in [0, 0.05) is 41.9 Å². The molecule has 1 aromatic heterocycles. The average molecular weight is 498 g/mol. The number of carbonyl (C=O) groups is 2. The van der Waals surface area contributed by atoms with Crippen molar-refractivity contribution in [3.63, 3.8) is 0 Å². The molecule has 4 rings (SSSR count). The number of carbonyl (C=O) groups excluding carboxylic acids is 2. The first-order valence-corrected chi connectivity index (χ1v) is 12.8. The number of nitrogens with one attached hydrogen (secondary N) is 1. The number of aromatic nitrogens is 1. The highest BCUT2D eigenvalue weighted by molar-refractivity contribution is 8.00. The molecule has 8 heteroatoms. The van der Waals surface area contributed by atoms with Gasteiger partial charge >= 0.3 is 0 Å². The summed E-state index contributed by atoms with van der Waals surface area (Å²) in [5.41, 5.74) is 2.60. The summed E-state index contributed by atoms with van der Waals surface area (Å²) in [6, 6.07) is 14.6. The largest absolute Gasteiger partial charge is 0.497 e. The van der Waals surface area contributed by atoms with Gasteiger partial charge in [0.1, 0.15) is 18.1 Å². The number of hydrogen-bond donors (Lipinski definition) is 1. The zero-order chi connectivity index (χ0) is 25.4. The van der Waals surface area contributed by atoms with Gasteiger partial charge < -0.3 is 24.2 Å². The van der Waals surface area contributed by atoms with Gasteiger partial charge in [-0.1, -0.05) is 36.0 Å². The van der Waals surface area contributed by atoms with Crippen LogP contribution in [0.2, 0.25) is 0 Å². The fourth-order valence-corrected chi connectivity index (χ4v) is 5.18. The highest BCUT2D eigenvalue weighted by Gasteiger charge is 2.35.